The third kappa shape index (κ3) is 6.22. The summed E-state index contributed by atoms with van der Waals surface area (Å²) < 4.78 is 11.2. The first-order chi connectivity index (χ1) is 15.6. The van der Waals surface area contributed by atoms with Crippen LogP contribution >= 0.6 is 0 Å². The lowest BCUT2D eigenvalue weighted by molar-refractivity contribution is -0.112. The minimum atomic E-state index is -0.503. The molecule has 0 unspecified atom stereocenters. The maximum Gasteiger partial charge on any atom is 0.266 e. The highest BCUT2D eigenvalue weighted by atomic mass is 16.5. The van der Waals surface area contributed by atoms with E-state index in [2.05, 4.69) is 11.4 Å². The van der Waals surface area contributed by atoms with E-state index in [9.17, 15) is 10.1 Å². The Hall–Kier alpha value is -4.55. The lowest BCUT2D eigenvalue weighted by Crippen LogP contribution is -2.13. The second-order valence-corrected chi connectivity index (χ2v) is 6.75. The molecule has 0 saturated heterocycles. The predicted molar refractivity (Wildman–Crippen MR) is 122 cm³/mol. The van der Waals surface area contributed by atoms with E-state index in [1.54, 1.807) is 66.7 Å². The molecule has 1 N–H and O–H groups in total. The highest BCUT2D eigenvalue weighted by Gasteiger charge is 2.10. The van der Waals surface area contributed by atoms with Crippen molar-refractivity contribution in [3.63, 3.8) is 0 Å². The van der Waals surface area contributed by atoms with Crippen molar-refractivity contribution in [2.24, 2.45) is 0 Å². The van der Waals surface area contributed by atoms with Crippen LogP contribution in [0, 0.1) is 22.7 Å². The molecule has 6 nitrogen and oxygen atoms in total. The highest BCUT2D eigenvalue weighted by Crippen LogP contribution is 2.19. The minimum absolute atomic E-state index is 0.0299. The molecule has 3 aromatic carbocycles. The summed E-state index contributed by atoms with van der Waals surface area (Å²) >= 11 is 0. The molecular weight excluding hydrogens is 402 g/mol. The summed E-state index contributed by atoms with van der Waals surface area (Å²) in [6, 6.07) is 25.3. The van der Waals surface area contributed by atoms with Crippen LogP contribution in [0.4, 0.5) is 5.69 Å². The fourth-order valence-electron chi connectivity index (χ4n) is 2.91. The van der Waals surface area contributed by atoms with Gasteiger partial charge in [-0.2, -0.15) is 10.5 Å². The number of carbonyl (C=O) groups is 1. The number of hydrogen-bond acceptors (Lipinski definition) is 5. The second-order valence-electron chi connectivity index (χ2n) is 6.75. The Morgan fingerprint density at radius 3 is 2.47 bits per heavy atom. The summed E-state index contributed by atoms with van der Waals surface area (Å²) in [6.07, 6.45) is 1.51. The summed E-state index contributed by atoms with van der Waals surface area (Å²) in [7, 11) is 0. The molecule has 32 heavy (non-hydrogen) atoms. The van der Waals surface area contributed by atoms with Gasteiger partial charge in [-0.25, -0.2) is 0 Å². The van der Waals surface area contributed by atoms with Crippen molar-refractivity contribution in [1.82, 2.24) is 0 Å². The summed E-state index contributed by atoms with van der Waals surface area (Å²) in [5.74, 6) is 0.791. The van der Waals surface area contributed by atoms with Crippen LogP contribution in [0.2, 0.25) is 0 Å². The molecule has 158 valence electrons. The number of benzene rings is 3. The number of ether oxygens (including phenoxy) is 2. The highest BCUT2D eigenvalue weighted by molar-refractivity contribution is 6.09. The molecule has 0 aliphatic carbocycles. The third-order valence-electron chi connectivity index (χ3n) is 4.42. The Morgan fingerprint density at radius 2 is 1.75 bits per heavy atom. The molecule has 0 aliphatic heterocycles. The monoisotopic (exact) mass is 423 g/mol. The van der Waals surface area contributed by atoms with Gasteiger partial charge in [0, 0.05) is 5.69 Å². The molecule has 0 aromatic heterocycles. The summed E-state index contributed by atoms with van der Waals surface area (Å²) in [6.45, 7) is 2.75. The molecule has 0 fully saturated rings. The molecule has 0 atom stereocenters. The van der Waals surface area contributed by atoms with Crippen molar-refractivity contribution in [2.45, 2.75) is 13.5 Å². The van der Waals surface area contributed by atoms with Crippen molar-refractivity contribution >= 4 is 17.7 Å². The Balaban J connectivity index is 1.68. The second kappa shape index (κ2) is 11.0. The molecule has 0 saturated carbocycles. The van der Waals surface area contributed by atoms with Crippen molar-refractivity contribution in [3.05, 3.63) is 95.1 Å². The lowest BCUT2D eigenvalue weighted by atomic mass is 10.1. The molecule has 6 heteroatoms. The van der Waals surface area contributed by atoms with E-state index in [1.165, 1.54) is 6.08 Å². The molecule has 1 amide bonds. The van der Waals surface area contributed by atoms with Gasteiger partial charge in [0.25, 0.3) is 5.91 Å². The number of rotatable bonds is 8. The molecule has 0 heterocycles. The van der Waals surface area contributed by atoms with Crippen LogP contribution < -0.4 is 14.8 Å². The first-order valence-corrected chi connectivity index (χ1v) is 9.99. The van der Waals surface area contributed by atoms with Gasteiger partial charge in [-0.15, -0.1) is 0 Å². The number of nitriles is 2. The number of nitrogens with one attached hydrogen (secondary N) is 1. The molecule has 0 bridgehead atoms. The van der Waals surface area contributed by atoms with E-state index >= 15 is 0 Å². The fourth-order valence-corrected chi connectivity index (χ4v) is 2.91. The van der Waals surface area contributed by atoms with Crippen LogP contribution in [0.25, 0.3) is 6.08 Å². The standard InChI is InChI=1S/C26H21N3O3/c1-2-31-24-11-9-23(10-12-24)29-26(30)22(17-28)14-19-5-4-8-25(15-19)32-18-21-7-3-6-20(13-21)16-27/h3-15H,2,18H2,1H3,(H,29,30)/b22-14+. The van der Waals surface area contributed by atoms with Crippen LogP contribution in [0.1, 0.15) is 23.6 Å². The summed E-state index contributed by atoms with van der Waals surface area (Å²) in [4.78, 5) is 12.5. The SMILES string of the molecule is CCOc1ccc(NC(=O)/C(C#N)=C/c2cccc(OCc3cccc(C#N)c3)c2)cc1. The quantitative estimate of drug-likeness (QED) is 0.403. The number of amides is 1. The van der Waals surface area contributed by atoms with Gasteiger partial charge in [0.05, 0.1) is 18.2 Å². The molecule has 0 aliphatic rings. The van der Waals surface area contributed by atoms with Crippen LogP contribution in [0.5, 0.6) is 11.5 Å². The third-order valence-corrected chi connectivity index (χ3v) is 4.42. The van der Waals surface area contributed by atoms with Gasteiger partial charge in [-0.05, 0) is 72.7 Å². The summed E-state index contributed by atoms with van der Waals surface area (Å²) in [5.41, 5.74) is 2.64. The number of anilines is 1. The van der Waals surface area contributed by atoms with Gasteiger partial charge in [-0.1, -0.05) is 24.3 Å². The summed E-state index contributed by atoms with van der Waals surface area (Å²) in [5, 5.41) is 21.2. The molecule has 0 radical (unpaired) electrons. The maximum absolute atomic E-state index is 12.5. The number of hydrogen-bond donors (Lipinski definition) is 1. The van der Waals surface area contributed by atoms with E-state index < -0.39 is 5.91 Å². The molecule has 3 rings (SSSR count). The van der Waals surface area contributed by atoms with Crippen LogP contribution in [0.15, 0.2) is 78.4 Å². The predicted octanol–water partition coefficient (Wildman–Crippen LogP) is 5.08. The lowest BCUT2D eigenvalue weighted by Gasteiger charge is -2.08. The van der Waals surface area contributed by atoms with Crippen LogP contribution in [-0.2, 0) is 11.4 Å². The number of nitrogens with zero attached hydrogens (tertiary/aromatic N) is 2. The zero-order valence-corrected chi connectivity index (χ0v) is 17.5. The Labute approximate surface area is 186 Å². The molecule has 3 aromatic rings. The normalized spacial score (nSPS) is 10.5. The smallest absolute Gasteiger partial charge is 0.266 e. The van der Waals surface area contributed by atoms with Gasteiger partial charge >= 0.3 is 0 Å². The van der Waals surface area contributed by atoms with Crippen LogP contribution in [0.3, 0.4) is 0 Å². The Morgan fingerprint density at radius 1 is 0.969 bits per heavy atom. The van der Waals surface area contributed by atoms with Crippen molar-refractivity contribution < 1.29 is 14.3 Å². The van der Waals surface area contributed by atoms with Crippen LogP contribution in [-0.4, -0.2) is 12.5 Å². The molecular formula is C26H21N3O3. The molecule has 0 spiro atoms. The first kappa shape index (κ1) is 22.1. The topological polar surface area (TPSA) is 95.1 Å². The first-order valence-electron chi connectivity index (χ1n) is 9.99. The van der Waals surface area contributed by atoms with Gasteiger partial charge in [0.2, 0.25) is 0 Å². The van der Waals surface area contributed by atoms with Gasteiger partial charge in [-0.3, -0.25) is 4.79 Å². The van der Waals surface area contributed by atoms with Crippen molar-refractivity contribution in [3.8, 4) is 23.6 Å². The maximum atomic E-state index is 12.5. The van der Waals surface area contributed by atoms with E-state index in [-0.39, 0.29) is 5.57 Å². The average Bonchev–Trinajstić information content (AvgIpc) is 2.83. The van der Waals surface area contributed by atoms with E-state index in [4.69, 9.17) is 14.7 Å². The zero-order chi connectivity index (χ0) is 22.8. The van der Waals surface area contributed by atoms with Gasteiger partial charge in [0.15, 0.2) is 0 Å². The van der Waals surface area contributed by atoms with Crippen molar-refractivity contribution in [1.29, 1.82) is 10.5 Å². The van der Waals surface area contributed by atoms with E-state index in [0.29, 0.717) is 41.5 Å². The van der Waals surface area contributed by atoms with E-state index in [1.807, 2.05) is 19.1 Å². The average molecular weight is 423 g/mol. The number of carbonyl (C=O) groups excluding carboxylic acids is 1. The fraction of sp³-hybridized carbons (Fsp3) is 0.115. The Kier molecular flexibility index (Phi) is 7.62. The van der Waals surface area contributed by atoms with Gasteiger partial charge < -0.3 is 14.8 Å². The van der Waals surface area contributed by atoms with Crippen molar-refractivity contribution in [2.75, 3.05) is 11.9 Å². The van der Waals surface area contributed by atoms with Gasteiger partial charge in [0.1, 0.15) is 29.7 Å². The Bertz CT molecular complexity index is 1200. The zero-order valence-electron chi connectivity index (χ0n) is 17.5. The minimum Gasteiger partial charge on any atom is -0.494 e. The largest absolute Gasteiger partial charge is 0.494 e. The van der Waals surface area contributed by atoms with E-state index in [0.717, 1.165) is 5.56 Å².